The molecule has 3 fully saturated rings. The van der Waals surface area contributed by atoms with Crippen molar-refractivity contribution < 1.29 is 200 Å². The maximum Gasteiger partial charge on any atom is 0.326 e. The summed E-state index contributed by atoms with van der Waals surface area (Å²) in [4.78, 5) is 209. The van der Waals surface area contributed by atoms with Crippen LogP contribution in [-0.4, -0.2) is 382 Å². The molecule has 8 N–H and O–H groups in total. The first-order valence-electron chi connectivity index (χ1n) is 41.1. The van der Waals surface area contributed by atoms with Gasteiger partial charge in [-0.3, -0.25) is 76.7 Å². The summed E-state index contributed by atoms with van der Waals surface area (Å²) in [5.74, 6) is -12.2. The number of carboxylic acid groups (broad SMARTS) is 1. The van der Waals surface area contributed by atoms with Gasteiger partial charge in [0.1, 0.15) is 88.2 Å². The highest BCUT2D eigenvalue weighted by atomic mass is 16.7. The third kappa shape index (κ3) is 50.4. The molecule has 0 aromatic carbocycles. The fraction of sp³-hybridized carbons (Fsp3) is 0.785. The number of amides is 7. The van der Waals surface area contributed by atoms with Gasteiger partial charge in [0.2, 0.25) is 41.4 Å². The molecule has 3 rings (SSSR count). The van der Waals surface area contributed by atoms with Gasteiger partial charge in [0, 0.05) is 96.2 Å². The average molecular weight is 1850 g/mol. The van der Waals surface area contributed by atoms with E-state index in [1.165, 1.54) is 20.8 Å². The number of nitrogens with one attached hydrogen (secondary N) is 7. The van der Waals surface area contributed by atoms with Crippen LogP contribution in [0.2, 0.25) is 0 Å². The molecular formula is C79H129N7O42. The molecule has 3 heterocycles. The minimum absolute atomic E-state index is 0. The molecule has 3 aliphatic heterocycles. The van der Waals surface area contributed by atoms with Crippen molar-refractivity contribution in [3.05, 3.63) is 0 Å². The van der Waals surface area contributed by atoms with Gasteiger partial charge in [0.05, 0.1) is 119 Å². The van der Waals surface area contributed by atoms with E-state index in [2.05, 4.69) is 37.2 Å². The molecule has 0 aromatic heterocycles. The van der Waals surface area contributed by atoms with Crippen molar-refractivity contribution in [2.75, 3.05) is 172 Å². The first-order chi connectivity index (χ1) is 60.5. The number of carbonyl (C=O) groups is 17. The van der Waals surface area contributed by atoms with Gasteiger partial charge in [-0.2, -0.15) is 0 Å². The highest BCUT2D eigenvalue weighted by Crippen LogP contribution is 2.32. The van der Waals surface area contributed by atoms with Crippen LogP contribution in [0.15, 0.2) is 0 Å². The Labute approximate surface area is 740 Å². The normalized spacial score (nSPS) is 22.1. The van der Waals surface area contributed by atoms with Crippen LogP contribution in [0.1, 0.15) is 129 Å². The molecule has 7 amide bonds. The number of hydrogen-bond donors (Lipinski definition) is 8. The zero-order valence-corrected chi connectivity index (χ0v) is 73.6. The molecule has 0 unspecified atom stereocenters. The second-order valence-corrected chi connectivity index (χ2v) is 28.3. The molecule has 3 saturated heterocycles. The second kappa shape index (κ2) is 65.9. The van der Waals surface area contributed by atoms with Crippen LogP contribution in [0.25, 0.3) is 0 Å². The zero-order chi connectivity index (χ0) is 94.2. The summed E-state index contributed by atoms with van der Waals surface area (Å²) in [7, 11) is 0. The van der Waals surface area contributed by atoms with Crippen LogP contribution >= 0.6 is 0 Å². The largest absolute Gasteiger partial charge is 0.480 e. The quantitative estimate of drug-likeness (QED) is 0.0166. The van der Waals surface area contributed by atoms with Gasteiger partial charge in [-0.05, 0) is 38.5 Å². The number of carbonyl (C=O) groups excluding carboxylic acids is 16. The van der Waals surface area contributed by atoms with Crippen molar-refractivity contribution in [3.63, 3.8) is 0 Å². The summed E-state index contributed by atoms with van der Waals surface area (Å²) in [6, 6.07) is -6.22. The minimum atomic E-state index is -1.42. The highest BCUT2D eigenvalue weighted by molar-refractivity contribution is 5.90. The molecule has 0 bridgehead atoms. The van der Waals surface area contributed by atoms with Crippen molar-refractivity contribution in [1.82, 2.24) is 37.2 Å². The lowest BCUT2D eigenvalue weighted by Gasteiger charge is -2.44. The van der Waals surface area contributed by atoms with E-state index in [4.69, 9.17) is 114 Å². The van der Waals surface area contributed by atoms with Gasteiger partial charge < -0.3 is 156 Å². The van der Waals surface area contributed by atoms with Gasteiger partial charge in [0.15, 0.2) is 55.5 Å². The van der Waals surface area contributed by atoms with E-state index < -0.39 is 231 Å². The van der Waals surface area contributed by atoms with E-state index in [0.29, 0.717) is 12.8 Å². The van der Waals surface area contributed by atoms with E-state index in [-0.39, 0.29) is 178 Å². The standard InChI is InChI=1S/C78H125N7O42.CH4/c1-45(86)81-65-71(122-54(10)95)68(119-51(7)92)59(39-116-48(4)89)125-76(65)113-36-33-107-24-21-104-27-30-110-42-62(98)79-19-15-13-17-57(84-64(100)44-112-32-29-106-23-26-109-35-38-115-78-67(83-47(3)88)73(124-56(12)97)70(121-53(9)94)61(127-78)41-118-50(6)91)74(101)85-58(75(102)103)18-14-16-20-80-63(99)43-111-31-28-105-22-25-108-34-37-114-77-66(82-46(2)87)72(123-55(11)96)69(120-52(8)93)60(126-77)40-117-49(5)90;/h57-61,65-73,76-78H,13-44H2,1-12H3,(H,79,98)(H,80,99)(H,81,86)(H,82,87)(H,83,88)(H,84,100)(H,85,101)(H,102,103);1H4/t57-,58-,59+,60+,61+,65+,66+,67+,68-,69-,70-,71+,72+,73+,76+,77+,78+;/m0./s1. The van der Waals surface area contributed by atoms with E-state index in [9.17, 15) is 86.6 Å². The smallest absolute Gasteiger partial charge is 0.326 e. The summed E-state index contributed by atoms with van der Waals surface area (Å²) in [5, 5.41) is 28.4. The lowest BCUT2D eigenvalue weighted by atomic mass is 9.96. The van der Waals surface area contributed by atoms with E-state index in [1.807, 2.05) is 0 Å². The van der Waals surface area contributed by atoms with Crippen molar-refractivity contribution in [1.29, 1.82) is 0 Å². The van der Waals surface area contributed by atoms with Crippen molar-refractivity contribution in [2.45, 2.75) is 233 Å². The molecule has 0 aliphatic carbocycles. The number of hydrogen-bond acceptors (Lipinski definition) is 41. The number of esters is 9. The van der Waals surface area contributed by atoms with Crippen LogP contribution in [0.4, 0.5) is 0 Å². The maximum atomic E-state index is 13.8. The molecule has 0 aromatic rings. The molecule has 0 radical (unpaired) electrons. The third-order valence-electron chi connectivity index (χ3n) is 17.4. The summed E-state index contributed by atoms with van der Waals surface area (Å²) < 4.78 is 133. The molecule has 0 saturated carbocycles. The maximum absolute atomic E-state index is 13.8. The first kappa shape index (κ1) is 114. The number of ether oxygens (including phenoxy) is 24. The summed E-state index contributed by atoms with van der Waals surface area (Å²) in [6.45, 7) is 11.6. The van der Waals surface area contributed by atoms with Gasteiger partial charge in [-0.25, -0.2) is 4.79 Å². The number of aliphatic carboxylic acids is 1. The topological polar surface area (TPSA) is 616 Å². The number of rotatable bonds is 65. The predicted octanol–water partition coefficient (Wildman–Crippen LogP) is -3.58. The van der Waals surface area contributed by atoms with Gasteiger partial charge in [-0.1, -0.05) is 7.43 Å². The Bertz CT molecular complexity index is 3430. The van der Waals surface area contributed by atoms with Gasteiger partial charge in [0.25, 0.3) is 0 Å². The molecular weight excluding hydrogens is 1720 g/mol. The molecule has 17 atom stereocenters. The van der Waals surface area contributed by atoms with Gasteiger partial charge in [-0.15, -0.1) is 0 Å². The van der Waals surface area contributed by atoms with Crippen LogP contribution in [0, 0.1) is 0 Å². The minimum Gasteiger partial charge on any atom is -0.480 e. The van der Waals surface area contributed by atoms with Crippen LogP contribution in [0.5, 0.6) is 0 Å². The van der Waals surface area contributed by atoms with Crippen molar-refractivity contribution in [2.24, 2.45) is 0 Å². The Morgan fingerprint density at radius 2 is 0.547 bits per heavy atom. The molecule has 732 valence electrons. The predicted molar refractivity (Wildman–Crippen MR) is 429 cm³/mol. The summed E-state index contributed by atoms with van der Waals surface area (Å²) in [6.07, 6.45) is -14.3. The Hall–Kier alpha value is -9.61. The van der Waals surface area contributed by atoms with Crippen LogP contribution < -0.4 is 37.2 Å². The Balaban J connectivity index is 0.0000555. The van der Waals surface area contributed by atoms with E-state index in [1.54, 1.807) is 0 Å². The van der Waals surface area contributed by atoms with Gasteiger partial charge >= 0.3 is 59.7 Å². The van der Waals surface area contributed by atoms with Crippen molar-refractivity contribution in [3.8, 4) is 0 Å². The molecule has 49 heteroatoms. The number of unbranched alkanes of at least 4 members (excludes halogenated alkanes) is 2. The SMILES string of the molecule is C.CC(=O)N[C@H]1[C@H](OCCOCCOCCOCC(=O)NCCCC[C@H](NC(=O)[C@H](CCCCNC(=O)COCCOCCOCCO[C@@H]2O[C@H](COC(C)=O)[C@H](OC(C)=O)[C@H](OC(C)=O)[C@H]2NC(C)=O)NC(=O)COCCOCCOCCO[C@@H]2O[C@H](COC(C)=O)[C@H](OC(C)=O)[C@H](OC(C)=O)[C@H]2NC(C)=O)C(=O)O)O[C@H](COC(C)=O)[C@H](OC(C)=O)[C@@H]1OC(C)=O. The lowest BCUT2D eigenvalue weighted by Crippen LogP contribution is -2.66. The second-order valence-electron chi connectivity index (χ2n) is 28.3. The number of carboxylic acids is 1. The summed E-state index contributed by atoms with van der Waals surface area (Å²) >= 11 is 0. The third-order valence-corrected chi connectivity index (χ3v) is 17.4. The lowest BCUT2D eigenvalue weighted by molar-refractivity contribution is -0.279. The average Bonchev–Trinajstić information content (AvgIpc) is 0.796. The first-order valence-corrected chi connectivity index (χ1v) is 41.1. The van der Waals surface area contributed by atoms with E-state index in [0.717, 1.165) is 62.3 Å². The monoisotopic (exact) mass is 1850 g/mol. The molecule has 49 nitrogen and oxygen atoms in total. The molecule has 128 heavy (non-hydrogen) atoms. The Morgan fingerprint density at radius 1 is 0.297 bits per heavy atom. The van der Waals surface area contributed by atoms with Crippen LogP contribution in [0.3, 0.4) is 0 Å². The molecule has 3 aliphatic rings. The molecule has 0 spiro atoms. The fourth-order valence-electron chi connectivity index (χ4n) is 12.3. The Morgan fingerprint density at radius 3 is 0.805 bits per heavy atom. The van der Waals surface area contributed by atoms with Crippen molar-refractivity contribution >= 4 is 101 Å². The van der Waals surface area contributed by atoms with Crippen LogP contribution in [-0.2, 0) is 195 Å². The highest BCUT2D eigenvalue weighted by Gasteiger charge is 2.54. The van der Waals surface area contributed by atoms with E-state index >= 15 is 0 Å². The summed E-state index contributed by atoms with van der Waals surface area (Å²) in [5.41, 5.74) is 0. The zero-order valence-electron chi connectivity index (χ0n) is 73.6. The fourth-order valence-corrected chi connectivity index (χ4v) is 12.3. The Kier molecular flexibility index (Phi) is 58.9.